The zero-order valence-electron chi connectivity index (χ0n) is 36.2. The first kappa shape index (κ1) is 51.6. The van der Waals surface area contributed by atoms with E-state index in [1.165, 1.54) is 210 Å². The third-order valence-electron chi connectivity index (χ3n) is 11.6. The Labute approximate surface area is 331 Å². The third kappa shape index (κ3) is 37.3. The number of unbranched alkanes of at least 4 members (excludes halogenated alkanes) is 36. The maximum atomic E-state index is 13.0. The molecule has 314 valence electrons. The fourth-order valence-electron chi connectivity index (χ4n) is 7.88. The van der Waals surface area contributed by atoms with Gasteiger partial charge in [-0.3, -0.25) is 14.4 Å². The van der Waals surface area contributed by atoms with Gasteiger partial charge in [-0.1, -0.05) is 245 Å². The van der Waals surface area contributed by atoms with Gasteiger partial charge in [-0.25, -0.2) is 0 Å². The Morgan fingerprint density at radius 2 is 0.604 bits per heavy atom. The maximum Gasteiger partial charge on any atom is 0.305 e. The summed E-state index contributed by atoms with van der Waals surface area (Å²) in [7, 11) is 1.62. The summed E-state index contributed by atoms with van der Waals surface area (Å²) < 4.78 is 0. The van der Waals surface area contributed by atoms with Crippen molar-refractivity contribution in [2.45, 2.75) is 283 Å². The van der Waals surface area contributed by atoms with Crippen molar-refractivity contribution in [3.8, 4) is 0 Å². The standard InChI is InChI=1S/C48H93NO4/c1-4-6-8-10-12-14-16-18-20-22-24-26-28-30-32-34-36-38-40-42-46(50)45(44-48(52)53)49(3)47(51)43-41-39-37-35-33-31-29-27-25-23-21-19-17-15-13-11-9-7-5-2/h45H,4-44H2,1-3H3,(H,52,53). The molecule has 1 unspecified atom stereocenters. The van der Waals surface area contributed by atoms with Crippen molar-refractivity contribution >= 4 is 17.7 Å². The monoisotopic (exact) mass is 748 g/mol. The second-order valence-electron chi connectivity index (χ2n) is 16.8. The van der Waals surface area contributed by atoms with E-state index < -0.39 is 12.0 Å². The van der Waals surface area contributed by atoms with E-state index in [9.17, 15) is 19.5 Å². The van der Waals surface area contributed by atoms with Crippen LogP contribution < -0.4 is 0 Å². The molecule has 0 radical (unpaired) electrons. The van der Waals surface area contributed by atoms with E-state index in [0.717, 1.165) is 38.5 Å². The van der Waals surface area contributed by atoms with Crippen molar-refractivity contribution < 1.29 is 19.5 Å². The average Bonchev–Trinajstić information content (AvgIpc) is 3.15. The number of likely N-dealkylation sites (N-methyl/N-ethyl adjacent to an activating group) is 1. The van der Waals surface area contributed by atoms with Gasteiger partial charge in [0.2, 0.25) is 5.91 Å². The molecule has 0 rings (SSSR count). The number of carbonyl (C=O) groups is 3. The minimum atomic E-state index is -1.01. The highest BCUT2D eigenvalue weighted by molar-refractivity contribution is 5.91. The molecule has 0 aliphatic rings. The van der Waals surface area contributed by atoms with Crippen LogP contribution in [-0.4, -0.2) is 40.8 Å². The number of ketones is 1. The molecule has 5 nitrogen and oxygen atoms in total. The number of aliphatic carboxylic acids is 1. The van der Waals surface area contributed by atoms with Crippen molar-refractivity contribution in [1.82, 2.24) is 4.90 Å². The van der Waals surface area contributed by atoms with E-state index in [1.807, 2.05) is 0 Å². The maximum absolute atomic E-state index is 13.0. The summed E-state index contributed by atoms with van der Waals surface area (Å²) in [6, 6.07) is -0.837. The van der Waals surface area contributed by atoms with Gasteiger partial charge in [0.1, 0.15) is 6.04 Å². The van der Waals surface area contributed by atoms with E-state index in [-0.39, 0.29) is 18.1 Å². The number of amides is 1. The first-order chi connectivity index (χ1) is 25.9. The summed E-state index contributed by atoms with van der Waals surface area (Å²) in [6.45, 7) is 4.56. The lowest BCUT2D eigenvalue weighted by atomic mass is 9.99. The molecular weight excluding hydrogens is 655 g/mol. The number of rotatable bonds is 44. The molecule has 0 saturated heterocycles. The van der Waals surface area contributed by atoms with E-state index >= 15 is 0 Å². The minimum Gasteiger partial charge on any atom is -0.481 e. The van der Waals surface area contributed by atoms with E-state index in [1.54, 1.807) is 7.05 Å². The van der Waals surface area contributed by atoms with Crippen LogP contribution in [0.1, 0.15) is 277 Å². The molecule has 0 saturated carbocycles. The SMILES string of the molecule is CCCCCCCCCCCCCCCCCCCCCC(=O)C(CC(=O)O)N(C)C(=O)CCCCCCCCCCCCCCCCCCCCC. The van der Waals surface area contributed by atoms with Crippen LogP contribution in [0.2, 0.25) is 0 Å². The van der Waals surface area contributed by atoms with Gasteiger partial charge in [0.05, 0.1) is 6.42 Å². The van der Waals surface area contributed by atoms with Crippen LogP contribution in [-0.2, 0) is 14.4 Å². The normalized spacial score (nSPS) is 12.0. The number of Topliss-reactive ketones (excluding diaryl/α,β-unsaturated/α-hetero) is 1. The number of carboxylic acid groups (broad SMARTS) is 1. The zero-order valence-corrected chi connectivity index (χ0v) is 36.2. The second kappa shape index (κ2) is 41.8. The molecule has 0 aromatic heterocycles. The zero-order chi connectivity index (χ0) is 38.9. The summed E-state index contributed by atoms with van der Waals surface area (Å²) >= 11 is 0. The Kier molecular flexibility index (Phi) is 40.7. The van der Waals surface area contributed by atoms with Crippen LogP contribution in [0.3, 0.4) is 0 Å². The molecule has 0 aliphatic carbocycles. The molecule has 1 amide bonds. The average molecular weight is 748 g/mol. The summed E-state index contributed by atoms with van der Waals surface area (Å²) in [5.74, 6) is -1.20. The van der Waals surface area contributed by atoms with Crippen LogP contribution in [0.25, 0.3) is 0 Å². The largest absolute Gasteiger partial charge is 0.481 e. The van der Waals surface area contributed by atoms with Crippen molar-refractivity contribution in [3.05, 3.63) is 0 Å². The molecule has 0 fully saturated rings. The molecule has 53 heavy (non-hydrogen) atoms. The molecule has 0 aliphatic heterocycles. The quantitative estimate of drug-likeness (QED) is 0.0630. The van der Waals surface area contributed by atoms with Gasteiger partial charge < -0.3 is 10.0 Å². The first-order valence-corrected chi connectivity index (χ1v) is 23.9. The van der Waals surface area contributed by atoms with Gasteiger partial charge in [0.15, 0.2) is 5.78 Å². The van der Waals surface area contributed by atoms with Crippen LogP contribution in [0.15, 0.2) is 0 Å². The van der Waals surface area contributed by atoms with Gasteiger partial charge >= 0.3 is 5.97 Å². The van der Waals surface area contributed by atoms with Crippen LogP contribution in [0.4, 0.5) is 0 Å². The smallest absolute Gasteiger partial charge is 0.305 e. The fraction of sp³-hybridized carbons (Fsp3) is 0.938. The predicted molar refractivity (Wildman–Crippen MR) is 230 cm³/mol. The van der Waals surface area contributed by atoms with Crippen molar-refractivity contribution in [2.24, 2.45) is 0 Å². The highest BCUT2D eigenvalue weighted by Crippen LogP contribution is 2.18. The van der Waals surface area contributed by atoms with E-state index in [0.29, 0.717) is 12.8 Å². The Morgan fingerprint density at radius 1 is 0.377 bits per heavy atom. The van der Waals surface area contributed by atoms with Crippen molar-refractivity contribution in [1.29, 1.82) is 0 Å². The van der Waals surface area contributed by atoms with Gasteiger partial charge in [-0.2, -0.15) is 0 Å². The molecule has 0 aromatic rings. The lowest BCUT2D eigenvalue weighted by molar-refractivity contribution is -0.145. The summed E-state index contributed by atoms with van der Waals surface area (Å²) in [5, 5.41) is 9.45. The lowest BCUT2D eigenvalue weighted by Gasteiger charge is -2.26. The highest BCUT2D eigenvalue weighted by atomic mass is 16.4. The van der Waals surface area contributed by atoms with Gasteiger partial charge in [0, 0.05) is 19.9 Å². The molecule has 1 atom stereocenters. The molecule has 0 heterocycles. The first-order valence-electron chi connectivity index (χ1n) is 23.9. The third-order valence-corrected chi connectivity index (χ3v) is 11.6. The van der Waals surface area contributed by atoms with E-state index in [2.05, 4.69) is 13.8 Å². The molecule has 5 heteroatoms. The Morgan fingerprint density at radius 3 is 0.849 bits per heavy atom. The van der Waals surface area contributed by atoms with Crippen molar-refractivity contribution in [2.75, 3.05) is 7.05 Å². The van der Waals surface area contributed by atoms with Crippen LogP contribution in [0, 0.1) is 0 Å². The Balaban J connectivity index is 3.76. The molecule has 0 spiro atoms. The summed E-state index contributed by atoms with van der Waals surface area (Å²) in [5.41, 5.74) is 0. The second-order valence-corrected chi connectivity index (χ2v) is 16.8. The molecule has 1 N–H and O–H groups in total. The molecule has 0 bridgehead atoms. The van der Waals surface area contributed by atoms with Crippen LogP contribution in [0.5, 0.6) is 0 Å². The fourth-order valence-corrected chi connectivity index (χ4v) is 7.88. The number of hydrogen-bond donors (Lipinski definition) is 1. The topological polar surface area (TPSA) is 74.7 Å². The molecular formula is C48H93NO4. The summed E-state index contributed by atoms with van der Waals surface area (Å²) in [4.78, 5) is 38.9. The number of hydrogen-bond acceptors (Lipinski definition) is 3. The number of nitrogens with zero attached hydrogens (tertiary/aromatic N) is 1. The Bertz CT molecular complexity index is 798. The lowest BCUT2D eigenvalue weighted by Crippen LogP contribution is -2.43. The van der Waals surface area contributed by atoms with Crippen molar-refractivity contribution in [3.63, 3.8) is 0 Å². The van der Waals surface area contributed by atoms with Gasteiger partial charge in [-0.05, 0) is 12.8 Å². The number of carbonyl (C=O) groups excluding carboxylic acids is 2. The highest BCUT2D eigenvalue weighted by Gasteiger charge is 2.28. The van der Waals surface area contributed by atoms with Crippen LogP contribution >= 0.6 is 0 Å². The predicted octanol–water partition coefficient (Wildman–Crippen LogP) is 15.5. The number of carboxylic acids is 1. The summed E-state index contributed by atoms with van der Waals surface area (Å²) in [6.07, 6.45) is 50.4. The minimum absolute atomic E-state index is 0.0928. The van der Waals surface area contributed by atoms with E-state index in [4.69, 9.17) is 0 Å². The Hall–Kier alpha value is -1.39. The molecule has 0 aromatic carbocycles. The van der Waals surface area contributed by atoms with Gasteiger partial charge in [-0.15, -0.1) is 0 Å². The van der Waals surface area contributed by atoms with Gasteiger partial charge in [0.25, 0.3) is 0 Å².